The lowest BCUT2D eigenvalue weighted by atomic mass is 10.1. The minimum Gasteiger partial charge on any atom is -0.444 e. The molecule has 0 radical (unpaired) electrons. The molecule has 0 saturated carbocycles. The highest BCUT2D eigenvalue weighted by atomic mass is 79.9. The normalized spacial score (nSPS) is 16.3. The lowest BCUT2D eigenvalue weighted by molar-refractivity contribution is 0.0720. The second kappa shape index (κ2) is 4.69. The van der Waals surface area contributed by atoms with Crippen LogP contribution in [0.1, 0.15) is 23.4 Å². The van der Waals surface area contributed by atoms with E-state index in [0.717, 1.165) is 5.71 Å². The Morgan fingerprint density at radius 2 is 2.12 bits per heavy atom. The minimum absolute atomic E-state index is 0.123. The van der Waals surface area contributed by atoms with Crippen LogP contribution in [-0.4, -0.2) is 34.8 Å². The summed E-state index contributed by atoms with van der Waals surface area (Å²) in [5.41, 5.74) is 0.740. The Balaban J connectivity index is 2.02. The maximum absolute atomic E-state index is 11.9. The Labute approximate surface area is 101 Å². The summed E-state index contributed by atoms with van der Waals surface area (Å²) >= 11 is 3.16. The van der Waals surface area contributed by atoms with Crippen molar-refractivity contribution in [3.63, 3.8) is 0 Å². The van der Waals surface area contributed by atoms with Gasteiger partial charge >= 0.3 is 0 Å². The number of nitrogens with zero attached hydrogens (tertiary/aromatic N) is 2. The van der Waals surface area contributed by atoms with Gasteiger partial charge in [-0.25, -0.2) is 0 Å². The summed E-state index contributed by atoms with van der Waals surface area (Å²) in [5.74, 6) is 0.207. The molecule has 0 unspecified atom stereocenters. The number of furan rings is 1. The summed E-state index contributed by atoms with van der Waals surface area (Å²) in [6.45, 7) is 1.13. The minimum atomic E-state index is -0.123. The topological polar surface area (TPSA) is 66.0 Å². The Morgan fingerprint density at radius 1 is 1.44 bits per heavy atom. The van der Waals surface area contributed by atoms with E-state index in [9.17, 15) is 4.79 Å². The molecular formula is C10H11BrN2O3. The molecule has 5 nitrogen and oxygen atoms in total. The van der Waals surface area contributed by atoms with Gasteiger partial charge in [0.05, 0.1) is 5.71 Å². The summed E-state index contributed by atoms with van der Waals surface area (Å²) in [5, 5.41) is 11.8. The zero-order valence-corrected chi connectivity index (χ0v) is 10.1. The molecule has 2 heterocycles. The first-order valence-electron chi connectivity index (χ1n) is 4.95. The van der Waals surface area contributed by atoms with Crippen LogP contribution in [-0.2, 0) is 0 Å². The van der Waals surface area contributed by atoms with Gasteiger partial charge in [-0.3, -0.25) is 4.79 Å². The zero-order valence-electron chi connectivity index (χ0n) is 8.52. The monoisotopic (exact) mass is 286 g/mol. The first-order chi connectivity index (χ1) is 7.70. The molecule has 1 aromatic rings. The molecule has 2 rings (SSSR count). The fraction of sp³-hybridized carbons (Fsp3) is 0.400. The molecule has 1 aromatic heterocycles. The van der Waals surface area contributed by atoms with Gasteiger partial charge in [0.15, 0.2) is 10.4 Å². The van der Waals surface area contributed by atoms with Crippen molar-refractivity contribution < 1.29 is 14.4 Å². The third kappa shape index (κ3) is 2.27. The second-order valence-corrected chi connectivity index (χ2v) is 4.34. The quantitative estimate of drug-likeness (QED) is 0.635. The molecule has 1 aliphatic rings. The fourth-order valence-electron chi connectivity index (χ4n) is 1.65. The Kier molecular flexibility index (Phi) is 3.28. The van der Waals surface area contributed by atoms with Gasteiger partial charge in [0, 0.05) is 25.9 Å². The van der Waals surface area contributed by atoms with Crippen molar-refractivity contribution in [3.8, 4) is 0 Å². The molecular weight excluding hydrogens is 276 g/mol. The first-order valence-corrected chi connectivity index (χ1v) is 5.74. The predicted molar refractivity (Wildman–Crippen MR) is 60.8 cm³/mol. The summed E-state index contributed by atoms with van der Waals surface area (Å²) in [4.78, 5) is 13.6. The zero-order chi connectivity index (χ0) is 11.5. The van der Waals surface area contributed by atoms with E-state index in [-0.39, 0.29) is 5.91 Å². The van der Waals surface area contributed by atoms with Gasteiger partial charge in [-0.15, -0.1) is 0 Å². The van der Waals surface area contributed by atoms with Gasteiger partial charge in [-0.2, -0.15) is 0 Å². The average molecular weight is 287 g/mol. The fourth-order valence-corrected chi connectivity index (χ4v) is 1.96. The van der Waals surface area contributed by atoms with Crippen LogP contribution < -0.4 is 0 Å². The van der Waals surface area contributed by atoms with Crippen LogP contribution in [0.15, 0.2) is 26.4 Å². The van der Waals surface area contributed by atoms with Crippen LogP contribution in [0.2, 0.25) is 0 Å². The van der Waals surface area contributed by atoms with E-state index in [2.05, 4.69) is 21.1 Å². The number of likely N-dealkylation sites (tertiary alicyclic amines) is 1. The van der Waals surface area contributed by atoms with Crippen molar-refractivity contribution in [1.29, 1.82) is 0 Å². The number of oxime groups is 1. The summed E-state index contributed by atoms with van der Waals surface area (Å²) in [7, 11) is 0. The largest absolute Gasteiger partial charge is 0.444 e. The van der Waals surface area contributed by atoms with Gasteiger partial charge in [0.25, 0.3) is 5.91 Å². The number of piperidine rings is 1. The highest BCUT2D eigenvalue weighted by molar-refractivity contribution is 9.10. The molecule has 1 N–H and O–H groups in total. The van der Waals surface area contributed by atoms with Crippen LogP contribution in [0.5, 0.6) is 0 Å². The van der Waals surface area contributed by atoms with Crippen LogP contribution in [0.4, 0.5) is 0 Å². The Morgan fingerprint density at radius 3 is 2.62 bits per heavy atom. The maximum Gasteiger partial charge on any atom is 0.289 e. The standard InChI is InChI=1S/C10H11BrN2O3/c11-9-2-1-8(16-9)10(14)13-5-3-7(12-15)4-6-13/h1-2,15H,3-6H2. The van der Waals surface area contributed by atoms with E-state index in [4.69, 9.17) is 9.62 Å². The number of halogens is 1. The summed E-state index contributed by atoms with van der Waals surface area (Å²) in [6.07, 6.45) is 1.23. The molecule has 1 aliphatic heterocycles. The number of hydrogen-bond acceptors (Lipinski definition) is 4. The van der Waals surface area contributed by atoms with Crippen molar-refractivity contribution in [2.24, 2.45) is 5.16 Å². The van der Waals surface area contributed by atoms with Crippen molar-refractivity contribution >= 4 is 27.5 Å². The average Bonchev–Trinajstić information content (AvgIpc) is 2.75. The van der Waals surface area contributed by atoms with E-state index >= 15 is 0 Å². The van der Waals surface area contributed by atoms with Gasteiger partial charge in [0.2, 0.25) is 0 Å². The highest BCUT2D eigenvalue weighted by Crippen LogP contribution is 2.17. The summed E-state index contributed by atoms with van der Waals surface area (Å²) in [6, 6.07) is 3.33. The van der Waals surface area contributed by atoms with Gasteiger partial charge in [-0.05, 0) is 28.1 Å². The maximum atomic E-state index is 11.9. The molecule has 1 fully saturated rings. The van der Waals surface area contributed by atoms with Gasteiger partial charge in [-0.1, -0.05) is 5.16 Å². The highest BCUT2D eigenvalue weighted by Gasteiger charge is 2.23. The van der Waals surface area contributed by atoms with Crippen molar-refractivity contribution in [3.05, 3.63) is 22.6 Å². The van der Waals surface area contributed by atoms with Crippen molar-refractivity contribution in [2.75, 3.05) is 13.1 Å². The molecule has 6 heteroatoms. The van der Waals surface area contributed by atoms with Crippen LogP contribution in [0, 0.1) is 0 Å². The molecule has 1 saturated heterocycles. The van der Waals surface area contributed by atoms with E-state index in [1.54, 1.807) is 17.0 Å². The predicted octanol–water partition coefficient (Wildman–Crippen LogP) is 2.11. The molecule has 0 aromatic carbocycles. The third-order valence-corrected chi connectivity index (χ3v) is 2.98. The number of rotatable bonds is 1. The lowest BCUT2D eigenvalue weighted by Crippen LogP contribution is -2.38. The van der Waals surface area contributed by atoms with Crippen LogP contribution >= 0.6 is 15.9 Å². The van der Waals surface area contributed by atoms with E-state index in [0.29, 0.717) is 36.4 Å². The number of hydrogen-bond donors (Lipinski definition) is 1. The number of carbonyl (C=O) groups excluding carboxylic acids is 1. The van der Waals surface area contributed by atoms with E-state index in [1.165, 1.54) is 0 Å². The molecule has 0 bridgehead atoms. The van der Waals surface area contributed by atoms with E-state index in [1.807, 2.05) is 0 Å². The van der Waals surface area contributed by atoms with Crippen molar-refractivity contribution in [2.45, 2.75) is 12.8 Å². The molecule has 0 aliphatic carbocycles. The van der Waals surface area contributed by atoms with Gasteiger partial charge < -0.3 is 14.5 Å². The smallest absolute Gasteiger partial charge is 0.289 e. The second-order valence-electron chi connectivity index (χ2n) is 3.56. The number of amides is 1. The molecule has 86 valence electrons. The van der Waals surface area contributed by atoms with Crippen LogP contribution in [0.25, 0.3) is 0 Å². The molecule has 1 amide bonds. The Hall–Kier alpha value is -1.30. The molecule has 0 spiro atoms. The van der Waals surface area contributed by atoms with Crippen molar-refractivity contribution in [1.82, 2.24) is 4.90 Å². The lowest BCUT2D eigenvalue weighted by Gasteiger charge is -2.26. The number of carbonyl (C=O) groups is 1. The third-order valence-electron chi connectivity index (χ3n) is 2.55. The van der Waals surface area contributed by atoms with Crippen LogP contribution in [0.3, 0.4) is 0 Å². The Bertz CT molecular complexity index is 417. The molecule has 16 heavy (non-hydrogen) atoms. The summed E-state index contributed by atoms with van der Waals surface area (Å²) < 4.78 is 5.74. The molecule has 0 atom stereocenters. The first kappa shape index (κ1) is 11.2. The SMILES string of the molecule is O=C(c1ccc(Br)o1)N1CCC(=NO)CC1. The van der Waals surface area contributed by atoms with Gasteiger partial charge in [0.1, 0.15) is 0 Å². The van der Waals surface area contributed by atoms with E-state index < -0.39 is 0 Å².